The molecule has 0 radical (unpaired) electrons. The van der Waals surface area contributed by atoms with Gasteiger partial charge in [-0.1, -0.05) is 18.2 Å². The third-order valence-corrected chi connectivity index (χ3v) is 3.03. The molecule has 1 aromatic rings. The predicted octanol–water partition coefficient (Wildman–Crippen LogP) is 3.66. The van der Waals surface area contributed by atoms with E-state index in [1.54, 1.807) is 12.1 Å². The minimum atomic E-state index is -2.63. The van der Waals surface area contributed by atoms with Gasteiger partial charge in [0.05, 0.1) is 0 Å². The van der Waals surface area contributed by atoms with Gasteiger partial charge in [-0.3, -0.25) is 0 Å². The zero-order valence-corrected chi connectivity index (χ0v) is 9.31. The van der Waals surface area contributed by atoms with Gasteiger partial charge < -0.3 is 0 Å². The summed E-state index contributed by atoms with van der Waals surface area (Å²) in [7, 11) is 0. The van der Waals surface area contributed by atoms with Crippen molar-refractivity contribution in [3.8, 4) is 0 Å². The Morgan fingerprint density at radius 3 is 2.67 bits per heavy atom. The standard InChI is InChI=1S/C12H14F2S/c13-12(14,10-4-5-10)11-3-1-2-9(8-11)6-7-15/h1-3,8,10,15H,4-7H2. The maximum absolute atomic E-state index is 13.7. The van der Waals surface area contributed by atoms with E-state index in [4.69, 9.17) is 0 Å². The topological polar surface area (TPSA) is 0 Å². The van der Waals surface area contributed by atoms with Gasteiger partial charge in [0.1, 0.15) is 0 Å². The van der Waals surface area contributed by atoms with Crippen LogP contribution in [0, 0.1) is 5.92 Å². The van der Waals surface area contributed by atoms with Crippen LogP contribution in [0.4, 0.5) is 8.78 Å². The van der Waals surface area contributed by atoms with Crippen LogP contribution in [0.1, 0.15) is 24.0 Å². The molecule has 1 saturated carbocycles. The predicted molar refractivity (Wildman–Crippen MR) is 60.6 cm³/mol. The number of thiol groups is 1. The number of aryl methyl sites for hydroxylation is 1. The molecule has 0 heterocycles. The van der Waals surface area contributed by atoms with Crippen molar-refractivity contribution in [1.82, 2.24) is 0 Å². The first-order valence-electron chi connectivity index (χ1n) is 5.22. The van der Waals surface area contributed by atoms with E-state index in [2.05, 4.69) is 12.6 Å². The van der Waals surface area contributed by atoms with E-state index in [9.17, 15) is 8.78 Å². The average molecular weight is 228 g/mol. The Hall–Kier alpha value is -0.570. The van der Waals surface area contributed by atoms with Crippen LogP contribution < -0.4 is 0 Å². The Morgan fingerprint density at radius 1 is 1.33 bits per heavy atom. The smallest absolute Gasteiger partial charge is 0.201 e. The van der Waals surface area contributed by atoms with Crippen molar-refractivity contribution < 1.29 is 8.78 Å². The molecule has 82 valence electrons. The summed E-state index contributed by atoms with van der Waals surface area (Å²) in [5, 5.41) is 0. The monoisotopic (exact) mass is 228 g/mol. The van der Waals surface area contributed by atoms with Crippen LogP contribution in [0.25, 0.3) is 0 Å². The van der Waals surface area contributed by atoms with Gasteiger partial charge in [0.2, 0.25) is 0 Å². The van der Waals surface area contributed by atoms with Crippen LogP contribution in [0.3, 0.4) is 0 Å². The third-order valence-electron chi connectivity index (χ3n) is 2.80. The molecule has 0 atom stereocenters. The van der Waals surface area contributed by atoms with E-state index in [0.717, 1.165) is 12.0 Å². The fourth-order valence-electron chi connectivity index (χ4n) is 1.74. The van der Waals surface area contributed by atoms with Crippen molar-refractivity contribution in [1.29, 1.82) is 0 Å². The second kappa shape index (κ2) is 4.12. The highest BCUT2D eigenvalue weighted by molar-refractivity contribution is 7.80. The molecule has 2 rings (SSSR count). The van der Waals surface area contributed by atoms with Crippen LogP contribution in [0.2, 0.25) is 0 Å². The van der Waals surface area contributed by atoms with Crippen molar-refractivity contribution in [2.75, 3.05) is 5.75 Å². The van der Waals surface area contributed by atoms with Gasteiger partial charge >= 0.3 is 0 Å². The highest BCUT2D eigenvalue weighted by Gasteiger charge is 2.47. The fraction of sp³-hybridized carbons (Fsp3) is 0.500. The fourth-order valence-corrected chi connectivity index (χ4v) is 2.00. The first-order chi connectivity index (χ1) is 7.14. The van der Waals surface area contributed by atoms with Crippen molar-refractivity contribution in [3.63, 3.8) is 0 Å². The SMILES string of the molecule is FC(F)(c1cccc(CCS)c1)C1CC1. The molecular weight excluding hydrogens is 214 g/mol. The number of benzene rings is 1. The molecule has 0 aromatic heterocycles. The van der Waals surface area contributed by atoms with Crippen LogP contribution >= 0.6 is 12.6 Å². The van der Waals surface area contributed by atoms with Crippen molar-refractivity contribution in [2.45, 2.75) is 25.2 Å². The Balaban J connectivity index is 2.23. The summed E-state index contributed by atoms with van der Waals surface area (Å²) in [4.78, 5) is 0. The summed E-state index contributed by atoms with van der Waals surface area (Å²) in [6.45, 7) is 0. The van der Waals surface area contributed by atoms with E-state index in [0.29, 0.717) is 18.6 Å². The number of halogens is 2. The molecule has 0 unspecified atom stereocenters. The maximum Gasteiger partial charge on any atom is 0.276 e. The van der Waals surface area contributed by atoms with Gasteiger partial charge in [-0.15, -0.1) is 0 Å². The van der Waals surface area contributed by atoms with E-state index >= 15 is 0 Å². The van der Waals surface area contributed by atoms with Crippen molar-refractivity contribution in [3.05, 3.63) is 35.4 Å². The molecule has 0 amide bonds. The first kappa shape index (κ1) is 10.9. The lowest BCUT2D eigenvalue weighted by Crippen LogP contribution is -2.16. The Labute approximate surface area is 94.1 Å². The number of rotatable bonds is 4. The lowest BCUT2D eigenvalue weighted by Gasteiger charge is -2.16. The third kappa shape index (κ3) is 2.33. The Kier molecular flexibility index (Phi) is 3.01. The molecule has 0 saturated heterocycles. The Bertz CT molecular complexity index is 345. The zero-order valence-electron chi connectivity index (χ0n) is 8.42. The molecular formula is C12H14F2S. The number of alkyl halides is 2. The van der Waals surface area contributed by atoms with Gasteiger partial charge in [-0.2, -0.15) is 12.6 Å². The lowest BCUT2D eigenvalue weighted by molar-refractivity contribution is -0.0286. The summed E-state index contributed by atoms with van der Waals surface area (Å²) >= 11 is 4.10. The van der Waals surface area contributed by atoms with Crippen LogP contribution in [0.15, 0.2) is 24.3 Å². The molecule has 3 heteroatoms. The molecule has 0 nitrogen and oxygen atoms in total. The average Bonchev–Trinajstić information content (AvgIpc) is 3.02. The highest BCUT2D eigenvalue weighted by atomic mass is 32.1. The van der Waals surface area contributed by atoms with E-state index in [1.165, 1.54) is 6.07 Å². The molecule has 0 spiro atoms. The molecule has 0 aliphatic heterocycles. The molecule has 0 bridgehead atoms. The summed E-state index contributed by atoms with van der Waals surface area (Å²) in [5.41, 5.74) is 1.12. The summed E-state index contributed by atoms with van der Waals surface area (Å²) in [6, 6.07) is 6.74. The molecule has 1 aromatic carbocycles. The zero-order chi connectivity index (χ0) is 10.9. The molecule has 0 N–H and O–H groups in total. The summed E-state index contributed by atoms with van der Waals surface area (Å²) < 4.78 is 27.5. The molecule has 1 aliphatic rings. The molecule has 1 fully saturated rings. The normalized spacial score (nSPS) is 16.7. The minimum Gasteiger partial charge on any atom is -0.201 e. The first-order valence-corrected chi connectivity index (χ1v) is 5.86. The van der Waals surface area contributed by atoms with Crippen molar-refractivity contribution in [2.24, 2.45) is 5.92 Å². The van der Waals surface area contributed by atoms with Crippen LogP contribution in [-0.4, -0.2) is 5.75 Å². The Morgan fingerprint density at radius 2 is 2.07 bits per heavy atom. The van der Waals surface area contributed by atoms with E-state index in [-0.39, 0.29) is 5.56 Å². The highest BCUT2D eigenvalue weighted by Crippen LogP contribution is 2.49. The van der Waals surface area contributed by atoms with Gasteiger partial charge in [0.15, 0.2) is 0 Å². The van der Waals surface area contributed by atoms with Gasteiger partial charge in [-0.25, -0.2) is 8.78 Å². The van der Waals surface area contributed by atoms with Gasteiger partial charge in [0.25, 0.3) is 5.92 Å². The quantitative estimate of drug-likeness (QED) is 0.747. The van der Waals surface area contributed by atoms with Crippen molar-refractivity contribution >= 4 is 12.6 Å². The maximum atomic E-state index is 13.7. The van der Waals surface area contributed by atoms with E-state index < -0.39 is 11.8 Å². The second-order valence-corrected chi connectivity index (χ2v) is 4.52. The van der Waals surface area contributed by atoms with Gasteiger partial charge in [0, 0.05) is 11.5 Å². The largest absolute Gasteiger partial charge is 0.276 e. The molecule has 15 heavy (non-hydrogen) atoms. The molecule has 1 aliphatic carbocycles. The lowest BCUT2D eigenvalue weighted by atomic mass is 10.0. The van der Waals surface area contributed by atoms with Crippen LogP contribution in [0.5, 0.6) is 0 Å². The second-order valence-electron chi connectivity index (χ2n) is 4.07. The summed E-state index contributed by atoms with van der Waals surface area (Å²) in [6.07, 6.45) is 2.06. The number of hydrogen-bond donors (Lipinski definition) is 1. The number of hydrogen-bond acceptors (Lipinski definition) is 1. The minimum absolute atomic E-state index is 0.171. The van der Waals surface area contributed by atoms with Crippen LogP contribution in [-0.2, 0) is 12.3 Å². The van der Waals surface area contributed by atoms with Gasteiger partial charge in [-0.05, 0) is 36.6 Å². The summed E-state index contributed by atoms with van der Waals surface area (Å²) in [5.74, 6) is -2.37. The van der Waals surface area contributed by atoms with E-state index in [1.807, 2.05) is 6.07 Å².